The summed E-state index contributed by atoms with van der Waals surface area (Å²) < 4.78 is 0. The molecule has 1 N–H and O–H groups in total. The number of nitrogens with one attached hydrogen (secondary N) is 1. The number of aromatic nitrogens is 3. The van der Waals surface area contributed by atoms with E-state index in [0.717, 1.165) is 68.5 Å². The van der Waals surface area contributed by atoms with Crippen LogP contribution in [0.25, 0.3) is 11.0 Å². The number of pyridine rings is 1. The van der Waals surface area contributed by atoms with Gasteiger partial charge in [0.2, 0.25) is 0 Å². The minimum absolute atomic E-state index is 0.408. The monoisotopic (exact) mass is 430 g/mol. The molecule has 6 nitrogen and oxygen atoms in total. The van der Waals surface area contributed by atoms with E-state index in [9.17, 15) is 0 Å². The van der Waals surface area contributed by atoms with Crippen LogP contribution in [0.15, 0.2) is 36.5 Å². The van der Waals surface area contributed by atoms with Gasteiger partial charge < -0.3 is 14.8 Å². The Labute approximate surface area is 190 Å². The molecule has 0 amide bonds. The van der Waals surface area contributed by atoms with Crippen LogP contribution in [0.1, 0.15) is 48.8 Å². The minimum Gasteiger partial charge on any atom is -0.367 e. The second kappa shape index (κ2) is 8.49. The van der Waals surface area contributed by atoms with Gasteiger partial charge in [0, 0.05) is 38.9 Å². The lowest BCUT2D eigenvalue weighted by Gasteiger charge is -2.34. The SMILES string of the molecule is CN1CCN(c2cccc3[nH]c(CN(CC4CC4)C4CCCc5cccnc54)nc23)CC1. The number of hydrogen-bond acceptors (Lipinski definition) is 5. The smallest absolute Gasteiger partial charge is 0.121 e. The number of aryl methyl sites for hydroxylation is 1. The molecule has 2 fully saturated rings. The van der Waals surface area contributed by atoms with Crippen LogP contribution in [0.5, 0.6) is 0 Å². The van der Waals surface area contributed by atoms with Crippen LogP contribution in [0.3, 0.4) is 0 Å². The van der Waals surface area contributed by atoms with Gasteiger partial charge in [-0.2, -0.15) is 0 Å². The van der Waals surface area contributed by atoms with E-state index in [-0.39, 0.29) is 0 Å². The summed E-state index contributed by atoms with van der Waals surface area (Å²) in [4.78, 5) is 21.2. The summed E-state index contributed by atoms with van der Waals surface area (Å²) in [5.74, 6) is 1.93. The maximum atomic E-state index is 5.15. The van der Waals surface area contributed by atoms with Crippen molar-refractivity contribution in [1.29, 1.82) is 0 Å². The Morgan fingerprint density at radius 2 is 1.94 bits per heavy atom. The third-order valence-electron chi connectivity index (χ3n) is 7.53. The van der Waals surface area contributed by atoms with Crippen LogP contribution in [0, 0.1) is 5.92 Å². The molecule has 1 unspecified atom stereocenters. The van der Waals surface area contributed by atoms with Crippen molar-refractivity contribution in [3.63, 3.8) is 0 Å². The fraction of sp³-hybridized carbons (Fsp3) is 0.538. The second-order valence-electron chi connectivity index (χ2n) is 9.98. The van der Waals surface area contributed by atoms with E-state index >= 15 is 0 Å². The fourth-order valence-corrected chi connectivity index (χ4v) is 5.51. The minimum atomic E-state index is 0.408. The largest absolute Gasteiger partial charge is 0.367 e. The molecule has 1 saturated heterocycles. The van der Waals surface area contributed by atoms with Gasteiger partial charge in [0.05, 0.1) is 29.5 Å². The van der Waals surface area contributed by atoms with Crippen molar-refractivity contribution in [3.8, 4) is 0 Å². The molecule has 1 aromatic carbocycles. The summed E-state index contributed by atoms with van der Waals surface area (Å²) in [6.07, 6.45) is 8.31. The molecule has 2 aliphatic carbocycles. The normalized spacial score (nSPS) is 21.9. The quantitative estimate of drug-likeness (QED) is 0.641. The van der Waals surface area contributed by atoms with Gasteiger partial charge in [0.1, 0.15) is 11.3 Å². The molecule has 0 bridgehead atoms. The van der Waals surface area contributed by atoms with Gasteiger partial charge in [0.25, 0.3) is 0 Å². The Balaban J connectivity index is 1.29. The van der Waals surface area contributed by atoms with E-state index in [1.165, 1.54) is 42.6 Å². The molecule has 1 aliphatic heterocycles. The summed E-state index contributed by atoms with van der Waals surface area (Å²) in [5.41, 5.74) is 6.29. The van der Waals surface area contributed by atoms with Crippen LogP contribution in [0.4, 0.5) is 5.69 Å². The lowest BCUT2D eigenvalue weighted by atomic mass is 9.90. The number of benzene rings is 1. The first-order chi connectivity index (χ1) is 15.7. The highest BCUT2D eigenvalue weighted by atomic mass is 15.3. The van der Waals surface area contributed by atoms with Gasteiger partial charge in [-0.25, -0.2) is 4.98 Å². The summed E-state index contributed by atoms with van der Waals surface area (Å²) >= 11 is 0. The average Bonchev–Trinajstić information content (AvgIpc) is 3.54. The standard InChI is InChI=1S/C26H34N6/c1-30-13-15-31(16-14-30)23-9-3-7-21-26(23)29-24(28-21)18-32(17-19-10-11-19)22-8-2-5-20-6-4-12-27-25(20)22/h3-4,6-7,9,12,19,22H,2,5,8,10-11,13-18H2,1H3,(H,28,29). The molecule has 1 saturated carbocycles. The van der Waals surface area contributed by atoms with E-state index in [2.05, 4.69) is 57.1 Å². The lowest BCUT2D eigenvalue weighted by Crippen LogP contribution is -2.44. The van der Waals surface area contributed by atoms with Gasteiger partial charge >= 0.3 is 0 Å². The van der Waals surface area contributed by atoms with Crippen molar-refractivity contribution < 1.29 is 0 Å². The molecular weight excluding hydrogens is 396 g/mol. The number of anilines is 1. The molecule has 3 aliphatic rings. The highest BCUT2D eigenvalue weighted by molar-refractivity contribution is 5.89. The van der Waals surface area contributed by atoms with Crippen LogP contribution in [-0.2, 0) is 13.0 Å². The van der Waals surface area contributed by atoms with Crippen molar-refractivity contribution in [2.75, 3.05) is 44.7 Å². The predicted octanol–water partition coefficient (Wildman–Crippen LogP) is 4.00. The van der Waals surface area contributed by atoms with Gasteiger partial charge in [-0.3, -0.25) is 9.88 Å². The molecule has 1 atom stereocenters. The number of piperazine rings is 1. The van der Waals surface area contributed by atoms with Crippen LogP contribution >= 0.6 is 0 Å². The highest BCUT2D eigenvalue weighted by Crippen LogP contribution is 2.38. The number of fused-ring (bicyclic) bond motifs is 2. The third kappa shape index (κ3) is 4.02. The molecule has 3 aromatic rings. The first-order valence-electron chi connectivity index (χ1n) is 12.3. The predicted molar refractivity (Wildman–Crippen MR) is 129 cm³/mol. The van der Waals surface area contributed by atoms with Crippen molar-refractivity contribution >= 4 is 16.7 Å². The number of rotatable bonds is 6. The Morgan fingerprint density at radius 1 is 1.06 bits per heavy atom. The number of H-pyrrole nitrogens is 1. The van der Waals surface area contributed by atoms with Gasteiger partial charge in [-0.15, -0.1) is 0 Å². The summed E-state index contributed by atoms with van der Waals surface area (Å²) in [7, 11) is 2.21. The zero-order valence-electron chi connectivity index (χ0n) is 19.1. The molecule has 3 heterocycles. The Bertz CT molecular complexity index is 1080. The number of likely N-dealkylation sites (N-methyl/N-ethyl adjacent to an activating group) is 1. The van der Waals surface area contributed by atoms with Crippen molar-refractivity contribution in [3.05, 3.63) is 53.6 Å². The first-order valence-corrected chi connectivity index (χ1v) is 12.3. The first kappa shape index (κ1) is 20.2. The zero-order chi connectivity index (χ0) is 21.5. The summed E-state index contributed by atoms with van der Waals surface area (Å²) in [6.45, 7) is 6.37. The number of nitrogens with zero attached hydrogens (tertiary/aromatic N) is 5. The second-order valence-corrected chi connectivity index (χ2v) is 9.98. The Morgan fingerprint density at radius 3 is 2.78 bits per heavy atom. The zero-order valence-corrected chi connectivity index (χ0v) is 19.1. The van der Waals surface area contributed by atoms with Gasteiger partial charge in [-0.1, -0.05) is 12.1 Å². The molecule has 0 radical (unpaired) electrons. The highest BCUT2D eigenvalue weighted by Gasteiger charge is 2.32. The molecular formula is C26H34N6. The van der Waals surface area contributed by atoms with E-state index in [4.69, 9.17) is 9.97 Å². The van der Waals surface area contributed by atoms with Crippen LogP contribution in [-0.4, -0.2) is 64.5 Å². The Hall–Kier alpha value is -2.44. The average molecular weight is 431 g/mol. The van der Waals surface area contributed by atoms with Crippen molar-refractivity contribution in [2.45, 2.75) is 44.7 Å². The number of hydrogen-bond donors (Lipinski definition) is 1. The van der Waals surface area contributed by atoms with Gasteiger partial charge in [-0.05, 0) is 68.8 Å². The molecule has 0 spiro atoms. The maximum absolute atomic E-state index is 5.15. The van der Waals surface area contributed by atoms with Crippen LogP contribution < -0.4 is 4.90 Å². The molecule has 6 rings (SSSR count). The van der Waals surface area contributed by atoms with E-state index in [1.807, 2.05) is 6.20 Å². The summed E-state index contributed by atoms with van der Waals surface area (Å²) in [6, 6.07) is 11.3. The number of aromatic amines is 1. The lowest BCUT2D eigenvalue weighted by molar-refractivity contribution is 0.155. The maximum Gasteiger partial charge on any atom is 0.121 e. The van der Waals surface area contributed by atoms with Crippen molar-refractivity contribution in [1.82, 2.24) is 24.8 Å². The van der Waals surface area contributed by atoms with Gasteiger partial charge in [0.15, 0.2) is 0 Å². The van der Waals surface area contributed by atoms with Crippen LogP contribution in [0.2, 0.25) is 0 Å². The summed E-state index contributed by atoms with van der Waals surface area (Å²) in [5, 5.41) is 0. The fourth-order valence-electron chi connectivity index (χ4n) is 5.51. The number of imidazole rings is 1. The van der Waals surface area contributed by atoms with Crippen molar-refractivity contribution in [2.24, 2.45) is 5.92 Å². The number of para-hydroxylation sites is 1. The molecule has 2 aromatic heterocycles. The van der Waals surface area contributed by atoms with E-state index in [0.29, 0.717) is 6.04 Å². The molecule has 32 heavy (non-hydrogen) atoms. The Kier molecular flexibility index (Phi) is 5.35. The molecule has 168 valence electrons. The van der Waals surface area contributed by atoms with E-state index < -0.39 is 0 Å². The topological polar surface area (TPSA) is 51.3 Å². The van der Waals surface area contributed by atoms with E-state index in [1.54, 1.807) is 0 Å². The molecule has 6 heteroatoms. The third-order valence-corrected chi connectivity index (χ3v) is 7.53.